The molecule has 2 unspecified atom stereocenters. The van der Waals surface area contributed by atoms with Gasteiger partial charge in [0.15, 0.2) is 5.92 Å². The lowest BCUT2D eigenvalue weighted by molar-refractivity contribution is -0.139. The van der Waals surface area contributed by atoms with E-state index in [0.717, 1.165) is 5.56 Å². The predicted molar refractivity (Wildman–Crippen MR) is 88.1 cm³/mol. The van der Waals surface area contributed by atoms with Gasteiger partial charge in [-0.1, -0.05) is 42.5 Å². The largest absolute Gasteiger partial charge is 0.493 e. The van der Waals surface area contributed by atoms with Gasteiger partial charge >= 0.3 is 11.6 Å². The van der Waals surface area contributed by atoms with Crippen LogP contribution in [0, 0.1) is 19.1 Å². The first-order valence-electron chi connectivity index (χ1n) is 7.45. The van der Waals surface area contributed by atoms with Crippen molar-refractivity contribution in [2.45, 2.75) is 24.9 Å². The maximum absolute atomic E-state index is 12.2. The summed E-state index contributed by atoms with van der Waals surface area (Å²) in [5.41, 5.74) is 0.0915. The Morgan fingerprint density at radius 3 is 2.57 bits per heavy atom. The van der Waals surface area contributed by atoms with Gasteiger partial charge in [0.1, 0.15) is 6.42 Å². The van der Waals surface area contributed by atoms with Crippen molar-refractivity contribution in [2.24, 2.45) is 5.92 Å². The van der Waals surface area contributed by atoms with Crippen LogP contribution in [0.1, 0.15) is 24.8 Å². The zero-order chi connectivity index (χ0) is 16.9. The Hall–Kier alpha value is -2.85. The summed E-state index contributed by atoms with van der Waals surface area (Å²) < 4.78 is 5.12. The number of benzene rings is 1. The van der Waals surface area contributed by atoms with Crippen molar-refractivity contribution >= 4 is 5.97 Å². The number of hydrogen-bond donors (Lipinski definition) is 0. The molecule has 1 aliphatic rings. The average molecular weight is 306 g/mol. The van der Waals surface area contributed by atoms with Gasteiger partial charge in [-0.2, -0.15) is 0 Å². The first-order chi connectivity index (χ1) is 11.1. The summed E-state index contributed by atoms with van der Waals surface area (Å²) in [4.78, 5) is 19.5. The molecule has 0 heterocycles. The summed E-state index contributed by atoms with van der Waals surface area (Å²) in [6.07, 6.45) is 3.52. The molecule has 0 aromatic heterocycles. The topological polar surface area (TPSA) is 35.0 Å². The average Bonchev–Trinajstić information content (AvgIpc) is 2.61. The number of allylic oxidation sites excluding steroid dienone is 1. The van der Waals surface area contributed by atoms with Crippen molar-refractivity contribution in [1.82, 2.24) is 0 Å². The Labute approximate surface area is 136 Å². The quantitative estimate of drug-likeness (QED) is 0.479. The van der Waals surface area contributed by atoms with Crippen LogP contribution in [0.5, 0.6) is 0 Å². The predicted octanol–water partition coefficient (Wildman–Crippen LogP) is 4.00. The van der Waals surface area contributed by atoms with Crippen molar-refractivity contribution in [3.05, 3.63) is 83.0 Å². The second kappa shape index (κ2) is 6.94. The van der Waals surface area contributed by atoms with Crippen molar-refractivity contribution in [2.75, 3.05) is 6.61 Å². The molecule has 2 rings (SSSR count). The van der Waals surface area contributed by atoms with E-state index in [1.807, 2.05) is 30.3 Å². The highest BCUT2D eigenvalue weighted by molar-refractivity contribution is 5.90. The first-order valence-corrected chi connectivity index (χ1v) is 7.45. The SMILES string of the molecule is [C-]#[N+]C1([N+]#[C-])CC=C(C(=O)OCC)C(C=C)C1c1ccccc1. The minimum Gasteiger partial charge on any atom is -0.463 e. The summed E-state index contributed by atoms with van der Waals surface area (Å²) in [5, 5.41) is 0. The van der Waals surface area contributed by atoms with E-state index in [2.05, 4.69) is 16.3 Å². The molecule has 1 aromatic rings. The smallest absolute Gasteiger partial charge is 0.463 e. The highest BCUT2D eigenvalue weighted by atomic mass is 16.5. The van der Waals surface area contributed by atoms with Gasteiger partial charge in [0.05, 0.1) is 6.61 Å². The molecule has 4 heteroatoms. The Morgan fingerprint density at radius 2 is 2.04 bits per heavy atom. The minimum absolute atomic E-state index is 0.206. The van der Waals surface area contributed by atoms with E-state index < -0.39 is 23.5 Å². The lowest BCUT2D eigenvalue weighted by Crippen LogP contribution is -2.39. The van der Waals surface area contributed by atoms with Gasteiger partial charge in [0.2, 0.25) is 0 Å². The Balaban J connectivity index is 2.59. The molecule has 1 aliphatic carbocycles. The van der Waals surface area contributed by atoms with Crippen LogP contribution in [-0.2, 0) is 9.53 Å². The summed E-state index contributed by atoms with van der Waals surface area (Å²) in [7, 11) is 0. The summed E-state index contributed by atoms with van der Waals surface area (Å²) in [5.74, 6) is -1.27. The third-order valence-electron chi connectivity index (χ3n) is 4.15. The van der Waals surface area contributed by atoms with Crippen LogP contribution in [0.25, 0.3) is 9.69 Å². The third-order valence-corrected chi connectivity index (χ3v) is 4.15. The molecule has 1 aromatic carbocycles. The number of ether oxygens (including phenoxy) is 1. The van der Waals surface area contributed by atoms with Gasteiger partial charge in [-0.3, -0.25) is 0 Å². The second-order valence-electron chi connectivity index (χ2n) is 5.34. The van der Waals surface area contributed by atoms with Gasteiger partial charge in [-0.25, -0.2) is 27.6 Å². The molecule has 0 fully saturated rings. The Morgan fingerprint density at radius 1 is 1.39 bits per heavy atom. The lowest BCUT2D eigenvalue weighted by Gasteiger charge is -2.31. The number of rotatable bonds is 4. The van der Waals surface area contributed by atoms with Crippen molar-refractivity contribution in [3.8, 4) is 0 Å². The molecule has 2 atom stereocenters. The molecule has 0 radical (unpaired) electrons. The normalized spacial score (nSPS) is 22.1. The van der Waals surface area contributed by atoms with E-state index in [9.17, 15) is 4.79 Å². The van der Waals surface area contributed by atoms with E-state index in [1.54, 1.807) is 19.1 Å². The third kappa shape index (κ3) is 2.89. The molecule has 0 aliphatic heterocycles. The molecule has 0 saturated carbocycles. The Bertz CT molecular complexity index is 693. The van der Waals surface area contributed by atoms with Gasteiger partial charge in [0.25, 0.3) is 0 Å². The van der Waals surface area contributed by atoms with Crippen LogP contribution in [0.3, 0.4) is 0 Å². The van der Waals surface area contributed by atoms with E-state index >= 15 is 0 Å². The van der Waals surface area contributed by atoms with Gasteiger partial charge < -0.3 is 4.74 Å². The first kappa shape index (κ1) is 16.5. The lowest BCUT2D eigenvalue weighted by atomic mass is 9.68. The number of carbonyl (C=O) groups excluding carboxylic acids is 1. The van der Waals surface area contributed by atoms with E-state index in [-0.39, 0.29) is 13.0 Å². The zero-order valence-corrected chi connectivity index (χ0v) is 13.0. The highest BCUT2D eigenvalue weighted by Crippen LogP contribution is 2.48. The standard InChI is InChI=1S/C19H18N2O2/c1-5-15-16(18(22)23-6-2)12-13-19(20-3,21-4)17(15)14-10-8-7-9-11-14/h5,7-12,15,17H,1,6,13H2,2H3. The van der Waals surface area contributed by atoms with E-state index in [4.69, 9.17) is 17.9 Å². The minimum atomic E-state index is -1.25. The monoisotopic (exact) mass is 306 g/mol. The van der Waals surface area contributed by atoms with Crippen molar-refractivity contribution < 1.29 is 9.53 Å². The fourth-order valence-electron chi connectivity index (χ4n) is 3.08. The van der Waals surface area contributed by atoms with E-state index in [0.29, 0.717) is 5.57 Å². The van der Waals surface area contributed by atoms with E-state index in [1.165, 1.54) is 0 Å². The summed E-state index contributed by atoms with van der Waals surface area (Å²) in [6, 6.07) is 9.41. The van der Waals surface area contributed by atoms with Crippen LogP contribution >= 0.6 is 0 Å². The van der Waals surface area contributed by atoms with Gasteiger partial charge in [-0.15, -0.1) is 6.58 Å². The van der Waals surface area contributed by atoms with Crippen LogP contribution in [-0.4, -0.2) is 18.2 Å². The van der Waals surface area contributed by atoms with Crippen LogP contribution in [0.2, 0.25) is 0 Å². The van der Waals surface area contributed by atoms with Crippen LogP contribution in [0.15, 0.2) is 54.6 Å². The molecule has 0 saturated heterocycles. The zero-order valence-electron chi connectivity index (χ0n) is 13.0. The molecule has 0 bridgehead atoms. The van der Waals surface area contributed by atoms with Gasteiger partial charge in [-0.05, 0) is 12.5 Å². The number of nitrogens with zero attached hydrogens (tertiary/aromatic N) is 2. The number of esters is 1. The fourth-order valence-corrected chi connectivity index (χ4v) is 3.08. The molecule has 116 valence electrons. The van der Waals surface area contributed by atoms with Crippen LogP contribution in [0.4, 0.5) is 0 Å². The number of carbonyl (C=O) groups is 1. The number of hydrogen-bond acceptors (Lipinski definition) is 2. The van der Waals surface area contributed by atoms with Crippen molar-refractivity contribution in [1.29, 1.82) is 0 Å². The second-order valence-corrected chi connectivity index (χ2v) is 5.34. The molecule has 4 nitrogen and oxygen atoms in total. The molecular weight excluding hydrogens is 288 g/mol. The van der Waals surface area contributed by atoms with Crippen LogP contribution < -0.4 is 0 Å². The van der Waals surface area contributed by atoms with Gasteiger partial charge in [0, 0.05) is 11.5 Å². The molecule has 23 heavy (non-hydrogen) atoms. The molecule has 0 N–H and O–H groups in total. The molecular formula is C19H18N2O2. The summed E-state index contributed by atoms with van der Waals surface area (Å²) in [6.45, 7) is 21.0. The highest BCUT2D eigenvalue weighted by Gasteiger charge is 2.59. The van der Waals surface area contributed by atoms with Crippen molar-refractivity contribution in [3.63, 3.8) is 0 Å². The fraction of sp³-hybridized carbons (Fsp3) is 0.316. The summed E-state index contributed by atoms with van der Waals surface area (Å²) >= 11 is 0. The maximum Gasteiger partial charge on any atom is 0.493 e. The Kier molecular flexibility index (Phi) is 4.98. The molecule has 0 spiro atoms. The molecule has 0 amide bonds. The maximum atomic E-state index is 12.2.